The van der Waals surface area contributed by atoms with Gasteiger partial charge in [0.1, 0.15) is 18.2 Å². The number of halogens is 1. The summed E-state index contributed by atoms with van der Waals surface area (Å²) in [5, 5.41) is 0. The van der Waals surface area contributed by atoms with Crippen LogP contribution in [0.1, 0.15) is 32.6 Å². The molecule has 5 heteroatoms. The lowest BCUT2D eigenvalue weighted by Gasteiger charge is -2.23. The van der Waals surface area contributed by atoms with Gasteiger partial charge in [-0.2, -0.15) is 0 Å². The summed E-state index contributed by atoms with van der Waals surface area (Å²) in [6, 6.07) is 25.4. The van der Waals surface area contributed by atoms with Crippen molar-refractivity contribution in [3.63, 3.8) is 0 Å². The number of carbonyl (C=O) groups excluding carboxylic acids is 1. The lowest BCUT2D eigenvalue weighted by atomic mass is 10.1. The maximum Gasteiger partial charge on any atom is 0.254 e. The van der Waals surface area contributed by atoms with Gasteiger partial charge >= 0.3 is 0 Å². The Bertz CT molecular complexity index is 1190. The van der Waals surface area contributed by atoms with Gasteiger partial charge in [-0.3, -0.25) is 9.78 Å². The molecule has 0 atom stereocenters. The molecule has 0 unspecified atom stereocenters. The van der Waals surface area contributed by atoms with Crippen molar-refractivity contribution >= 4 is 5.91 Å². The fraction of sp³-hybridized carbons (Fsp3) is 0.143. The third-order valence-electron chi connectivity index (χ3n) is 5.30. The Morgan fingerprint density at radius 1 is 0.848 bits per heavy atom. The molecule has 0 aliphatic heterocycles. The van der Waals surface area contributed by atoms with Gasteiger partial charge in [0.25, 0.3) is 5.91 Å². The van der Waals surface area contributed by atoms with E-state index in [4.69, 9.17) is 4.74 Å². The average molecular weight is 441 g/mol. The molecule has 0 bridgehead atoms. The number of benzene rings is 3. The van der Waals surface area contributed by atoms with Crippen LogP contribution in [-0.2, 0) is 19.7 Å². The van der Waals surface area contributed by atoms with Gasteiger partial charge in [-0.25, -0.2) is 4.39 Å². The van der Waals surface area contributed by atoms with Crippen molar-refractivity contribution in [2.45, 2.75) is 26.6 Å². The monoisotopic (exact) mass is 440 g/mol. The highest BCUT2D eigenvalue weighted by Gasteiger charge is 2.17. The topological polar surface area (TPSA) is 42.4 Å². The van der Waals surface area contributed by atoms with Gasteiger partial charge in [-0.15, -0.1) is 0 Å². The normalized spacial score (nSPS) is 10.6. The van der Waals surface area contributed by atoms with Crippen molar-refractivity contribution in [2.75, 3.05) is 0 Å². The molecular formula is C28H25FN2O2. The summed E-state index contributed by atoms with van der Waals surface area (Å²) in [6.07, 6.45) is 3.46. The van der Waals surface area contributed by atoms with Crippen LogP contribution in [0.5, 0.6) is 5.75 Å². The maximum atomic E-state index is 13.3. The molecule has 1 heterocycles. The lowest BCUT2D eigenvalue weighted by Crippen LogP contribution is -2.30. The molecule has 0 radical (unpaired) electrons. The van der Waals surface area contributed by atoms with E-state index in [1.165, 1.54) is 12.1 Å². The summed E-state index contributed by atoms with van der Waals surface area (Å²) in [7, 11) is 0. The third kappa shape index (κ3) is 6.26. The van der Waals surface area contributed by atoms with E-state index in [2.05, 4.69) is 4.98 Å². The second-order valence-electron chi connectivity index (χ2n) is 7.95. The van der Waals surface area contributed by atoms with Crippen LogP contribution in [0.15, 0.2) is 97.3 Å². The molecule has 33 heavy (non-hydrogen) atoms. The molecule has 4 nitrogen and oxygen atoms in total. The fourth-order valence-corrected chi connectivity index (χ4v) is 3.49. The summed E-state index contributed by atoms with van der Waals surface area (Å²) in [5.74, 6) is 0.380. The van der Waals surface area contributed by atoms with Crippen molar-refractivity contribution in [3.8, 4) is 5.75 Å². The minimum absolute atomic E-state index is 0.0294. The van der Waals surface area contributed by atoms with E-state index in [0.717, 1.165) is 22.3 Å². The van der Waals surface area contributed by atoms with Gasteiger partial charge in [-0.05, 0) is 72.1 Å². The first kappa shape index (κ1) is 22.2. The highest BCUT2D eigenvalue weighted by Crippen LogP contribution is 2.19. The van der Waals surface area contributed by atoms with Gasteiger partial charge in [0.05, 0.1) is 0 Å². The van der Waals surface area contributed by atoms with E-state index >= 15 is 0 Å². The van der Waals surface area contributed by atoms with E-state index in [-0.39, 0.29) is 18.3 Å². The summed E-state index contributed by atoms with van der Waals surface area (Å²) in [5.41, 5.74) is 4.54. The second-order valence-corrected chi connectivity index (χ2v) is 7.95. The van der Waals surface area contributed by atoms with Crippen LogP contribution in [0, 0.1) is 12.7 Å². The van der Waals surface area contributed by atoms with Crippen LogP contribution in [0.3, 0.4) is 0 Å². The molecule has 0 N–H and O–H groups in total. The molecule has 0 spiro atoms. The SMILES string of the molecule is Cc1ccc(C(=O)N(Cc2ccncc2)Cc2ccc(OCc3cccc(F)c3)cc2)cc1. The molecular weight excluding hydrogens is 415 g/mol. The van der Waals surface area contributed by atoms with E-state index in [0.29, 0.717) is 24.4 Å². The van der Waals surface area contributed by atoms with Gasteiger partial charge in [0.15, 0.2) is 0 Å². The molecule has 0 aliphatic rings. The molecule has 0 saturated carbocycles. The minimum atomic E-state index is -0.279. The number of aromatic nitrogens is 1. The van der Waals surface area contributed by atoms with Crippen molar-refractivity contribution in [1.29, 1.82) is 0 Å². The van der Waals surface area contributed by atoms with E-state index in [1.807, 2.05) is 78.6 Å². The molecule has 166 valence electrons. The molecule has 1 amide bonds. The van der Waals surface area contributed by atoms with Crippen LogP contribution in [0.25, 0.3) is 0 Å². The Labute approximate surface area is 193 Å². The molecule has 4 aromatic rings. The molecule has 0 saturated heterocycles. The standard InChI is InChI=1S/C28H25FN2O2/c1-21-5-9-25(10-6-21)28(32)31(19-23-13-15-30-16-14-23)18-22-7-11-27(12-8-22)33-20-24-3-2-4-26(29)17-24/h2-17H,18-20H2,1H3. The zero-order chi connectivity index (χ0) is 23.0. The molecule has 3 aromatic carbocycles. The number of rotatable bonds is 8. The number of amides is 1. The fourth-order valence-electron chi connectivity index (χ4n) is 3.49. The van der Waals surface area contributed by atoms with Gasteiger partial charge in [0, 0.05) is 31.0 Å². The molecule has 4 rings (SSSR count). The average Bonchev–Trinajstić information content (AvgIpc) is 2.84. The van der Waals surface area contributed by atoms with Crippen molar-refractivity contribution in [1.82, 2.24) is 9.88 Å². The number of carbonyl (C=O) groups is 1. The predicted molar refractivity (Wildman–Crippen MR) is 126 cm³/mol. The Balaban J connectivity index is 1.46. The molecule has 0 fully saturated rings. The largest absolute Gasteiger partial charge is 0.489 e. The number of hydrogen-bond acceptors (Lipinski definition) is 3. The van der Waals surface area contributed by atoms with Crippen LogP contribution >= 0.6 is 0 Å². The summed E-state index contributed by atoms with van der Waals surface area (Å²) in [4.78, 5) is 19.2. The number of ether oxygens (including phenoxy) is 1. The predicted octanol–water partition coefficient (Wildman–Crippen LogP) is 5.95. The lowest BCUT2D eigenvalue weighted by molar-refractivity contribution is 0.0730. The van der Waals surface area contributed by atoms with Crippen molar-refractivity contribution in [2.24, 2.45) is 0 Å². The van der Waals surface area contributed by atoms with Gasteiger partial charge < -0.3 is 9.64 Å². The van der Waals surface area contributed by atoms with Gasteiger partial charge in [0.2, 0.25) is 0 Å². The van der Waals surface area contributed by atoms with Gasteiger partial charge in [-0.1, -0.05) is 42.0 Å². The molecule has 1 aromatic heterocycles. The summed E-state index contributed by atoms with van der Waals surface area (Å²) >= 11 is 0. The summed E-state index contributed by atoms with van der Waals surface area (Å²) < 4.78 is 19.1. The quantitative estimate of drug-likeness (QED) is 0.340. The van der Waals surface area contributed by atoms with Crippen LogP contribution in [0.2, 0.25) is 0 Å². The smallest absolute Gasteiger partial charge is 0.254 e. The zero-order valence-electron chi connectivity index (χ0n) is 18.4. The maximum absolute atomic E-state index is 13.3. The third-order valence-corrected chi connectivity index (χ3v) is 5.30. The van der Waals surface area contributed by atoms with E-state index in [1.54, 1.807) is 18.5 Å². The second kappa shape index (κ2) is 10.6. The van der Waals surface area contributed by atoms with Crippen LogP contribution < -0.4 is 4.74 Å². The Kier molecular flexibility index (Phi) is 7.10. The first-order valence-electron chi connectivity index (χ1n) is 10.8. The van der Waals surface area contributed by atoms with E-state index < -0.39 is 0 Å². The van der Waals surface area contributed by atoms with Crippen molar-refractivity contribution < 1.29 is 13.9 Å². The van der Waals surface area contributed by atoms with Crippen LogP contribution in [-0.4, -0.2) is 15.8 Å². The number of pyridine rings is 1. The zero-order valence-corrected chi connectivity index (χ0v) is 18.4. The Morgan fingerprint density at radius 3 is 2.18 bits per heavy atom. The Hall–Kier alpha value is -3.99. The van der Waals surface area contributed by atoms with Crippen LogP contribution in [0.4, 0.5) is 4.39 Å². The summed E-state index contributed by atoms with van der Waals surface area (Å²) in [6.45, 7) is 3.23. The minimum Gasteiger partial charge on any atom is -0.489 e. The first-order valence-corrected chi connectivity index (χ1v) is 10.8. The number of aryl methyl sites for hydroxylation is 1. The van der Waals surface area contributed by atoms with Crippen molar-refractivity contribution in [3.05, 3.63) is 131 Å². The van der Waals surface area contributed by atoms with E-state index in [9.17, 15) is 9.18 Å². The number of hydrogen-bond donors (Lipinski definition) is 0. The number of nitrogens with zero attached hydrogens (tertiary/aromatic N) is 2. The molecule has 0 aliphatic carbocycles. The first-order chi connectivity index (χ1) is 16.1. The highest BCUT2D eigenvalue weighted by atomic mass is 19.1. The Morgan fingerprint density at radius 2 is 1.52 bits per heavy atom. The highest BCUT2D eigenvalue weighted by molar-refractivity contribution is 5.94.